The molecule has 0 fully saturated rings. The van der Waals surface area contributed by atoms with E-state index in [2.05, 4.69) is 11.2 Å². The Balaban J connectivity index is 1.63. The Morgan fingerprint density at radius 1 is 0.921 bits per heavy atom. The highest BCUT2D eigenvalue weighted by atomic mass is 16.5. The summed E-state index contributed by atoms with van der Waals surface area (Å²) < 4.78 is 7.41. The van der Waals surface area contributed by atoms with Gasteiger partial charge in [0.2, 0.25) is 0 Å². The van der Waals surface area contributed by atoms with Crippen molar-refractivity contribution in [3.05, 3.63) is 125 Å². The van der Waals surface area contributed by atoms with Crippen LogP contribution in [0.4, 0.5) is 0 Å². The van der Waals surface area contributed by atoms with Crippen LogP contribution in [0, 0.1) is 13.8 Å². The number of benzene rings is 1. The normalized spacial score (nSPS) is 11.3. The highest BCUT2D eigenvalue weighted by Crippen LogP contribution is 2.38. The molecule has 0 radical (unpaired) electrons. The average molecular weight is 502 g/mol. The summed E-state index contributed by atoms with van der Waals surface area (Å²) in [5, 5.41) is 14.4. The molecule has 0 saturated heterocycles. The zero-order chi connectivity index (χ0) is 26.2. The smallest absolute Gasteiger partial charge is 0.335 e. The lowest BCUT2D eigenvalue weighted by molar-refractivity contribution is 0.0697. The Hall–Kier alpha value is -5.11. The summed E-state index contributed by atoms with van der Waals surface area (Å²) in [6.45, 7) is 3.80. The maximum Gasteiger partial charge on any atom is 0.335 e. The van der Waals surface area contributed by atoms with Gasteiger partial charge in [-0.15, -0.1) is 0 Å². The fourth-order valence-electron chi connectivity index (χ4n) is 4.92. The number of fused-ring (bicyclic) bond motifs is 1. The van der Waals surface area contributed by atoms with Crippen LogP contribution in [0.3, 0.4) is 0 Å². The lowest BCUT2D eigenvalue weighted by Gasteiger charge is -2.16. The van der Waals surface area contributed by atoms with Gasteiger partial charge in [-0.05, 0) is 74.0 Å². The summed E-state index contributed by atoms with van der Waals surface area (Å²) in [6, 6.07) is 20.6. The van der Waals surface area contributed by atoms with Crippen LogP contribution in [0.1, 0.15) is 44.7 Å². The number of hydrogen-bond acceptors (Lipinski definition) is 6. The second-order valence-corrected chi connectivity index (χ2v) is 9.04. The molecular formula is C30H23N5O3. The molecule has 5 aromatic heterocycles. The first-order chi connectivity index (χ1) is 18.5. The molecule has 186 valence electrons. The zero-order valence-electron chi connectivity index (χ0n) is 20.7. The number of aromatic nitrogens is 5. The third kappa shape index (κ3) is 4.02. The van der Waals surface area contributed by atoms with Crippen LogP contribution < -0.4 is 0 Å². The molecule has 0 saturated carbocycles. The van der Waals surface area contributed by atoms with Gasteiger partial charge in [0.1, 0.15) is 11.4 Å². The maximum absolute atomic E-state index is 11.4. The van der Waals surface area contributed by atoms with Gasteiger partial charge in [0, 0.05) is 47.0 Å². The Bertz CT molecular complexity index is 1700. The second kappa shape index (κ2) is 9.40. The minimum atomic E-state index is -0.970. The van der Waals surface area contributed by atoms with Gasteiger partial charge in [-0.25, -0.2) is 9.78 Å². The van der Waals surface area contributed by atoms with Gasteiger partial charge in [0.25, 0.3) is 0 Å². The molecule has 0 bridgehead atoms. The van der Waals surface area contributed by atoms with E-state index in [9.17, 15) is 9.90 Å². The lowest BCUT2D eigenvalue weighted by Crippen LogP contribution is -2.07. The quantitative estimate of drug-likeness (QED) is 0.300. The van der Waals surface area contributed by atoms with E-state index in [1.165, 1.54) is 0 Å². The summed E-state index contributed by atoms with van der Waals surface area (Å²) in [4.78, 5) is 25.7. The summed E-state index contributed by atoms with van der Waals surface area (Å²) in [5.74, 6) is -0.511. The predicted molar refractivity (Wildman–Crippen MR) is 142 cm³/mol. The molecule has 0 unspecified atom stereocenters. The Kier molecular flexibility index (Phi) is 5.76. The Morgan fingerprint density at radius 2 is 1.61 bits per heavy atom. The molecule has 8 nitrogen and oxygen atoms in total. The van der Waals surface area contributed by atoms with E-state index in [1.54, 1.807) is 36.7 Å². The van der Waals surface area contributed by atoms with E-state index < -0.39 is 5.97 Å². The van der Waals surface area contributed by atoms with Crippen molar-refractivity contribution in [1.82, 2.24) is 24.7 Å². The van der Waals surface area contributed by atoms with Gasteiger partial charge in [-0.2, -0.15) is 0 Å². The fourth-order valence-corrected chi connectivity index (χ4v) is 4.92. The molecular weight excluding hydrogens is 478 g/mol. The number of aryl methyl sites for hydroxylation is 2. The minimum absolute atomic E-state index is 0.221. The van der Waals surface area contributed by atoms with Gasteiger partial charge in [-0.1, -0.05) is 17.3 Å². The van der Waals surface area contributed by atoms with Gasteiger partial charge >= 0.3 is 5.97 Å². The van der Waals surface area contributed by atoms with Crippen molar-refractivity contribution in [3.8, 4) is 16.8 Å². The fraction of sp³-hybridized carbons (Fsp3) is 0.100. The van der Waals surface area contributed by atoms with Crippen molar-refractivity contribution in [3.63, 3.8) is 0 Å². The van der Waals surface area contributed by atoms with E-state index in [4.69, 9.17) is 19.5 Å². The van der Waals surface area contributed by atoms with Gasteiger partial charge in [0.05, 0.1) is 28.6 Å². The number of pyridine rings is 3. The van der Waals surface area contributed by atoms with Gasteiger partial charge in [-0.3, -0.25) is 9.97 Å². The summed E-state index contributed by atoms with van der Waals surface area (Å²) >= 11 is 0. The minimum Gasteiger partial charge on any atom is -0.478 e. The SMILES string of the molecule is Cc1noc(C)c1-c1cnc2c(c1)c(C(c1ccccn1)c1ccccn1)cn2-c1ccc(C(=O)O)cc1. The largest absolute Gasteiger partial charge is 0.478 e. The molecule has 0 aliphatic heterocycles. The molecule has 0 aliphatic carbocycles. The van der Waals surface area contributed by atoms with Crippen LogP contribution >= 0.6 is 0 Å². The van der Waals surface area contributed by atoms with Crippen molar-refractivity contribution in [2.24, 2.45) is 0 Å². The summed E-state index contributed by atoms with van der Waals surface area (Å²) in [7, 11) is 0. The molecule has 38 heavy (non-hydrogen) atoms. The van der Waals surface area contributed by atoms with Crippen molar-refractivity contribution < 1.29 is 14.4 Å². The highest BCUT2D eigenvalue weighted by Gasteiger charge is 2.26. The van der Waals surface area contributed by atoms with E-state index in [-0.39, 0.29) is 11.5 Å². The van der Waals surface area contributed by atoms with Crippen LogP contribution in [0.25, 0.3) is 27.8 Å². The van der Waals surface area contributed by atoms with Crippen molar-refractivity contribution in [2.45, 2.75) is 19.8 Å². The van der Waals surface area contributed by atoms with Gasteiger partial charge in [0.15, 0.2) is 0 Å². The van der Waals surface area contributed by atoms with Crippen LogP contribution in [0.15, 0.2) is 96.0 Å². The first-order valence-electron chi connectivity index (χ1n) is 12.1. The van der Waals surface area contributed by atoms with E-state index in [0.717, 1.165) is 56.3 Å². The summed E-state index contributed by atoms with van der Waals surface area (Å²) in [5.41, 5.74) is 7.04. The lowest BCUT2D eigenvalue weighted by atomic mass is 9.91. The van der Waals surface area contributed by atoms with E-state index in [0.29, 0.717) is 0 Å². The average Bonchev–Trinajstić information content (AvgIpc) is 3.49. The first-order valence-corrected chi connectivity index (χ1v) is 12.1. The molecule has 0 amide bonds. The number of nitrogens with zero attached hydrogens (tertiary/aromatic N) is 5. The highest BCUT2D eigenvalue weighted by molar-refractivity contribution is 5.90. The molecule has 5 heterocycles. The molecule has 0 aliphatic rings. The number of aromatic carboxylic acids is 1. The Morgan fingerprint density at radius 3 is 2.16 bits per heavy atom. The third-order valence-corrected chi connectivity index (χ3v) is 6.67. The van der Waals surface area contributed by atoms with Crippen LogP contribution in [-0.2, 0) is 0 Å². The number of hydrogen-bond donors (Lipinski definition) is 1. The molecule has 1 aromatic carbocycles. The number of carbonyl (C=O) groups is 1. The van der Waals surface area contributed by atoms with Crippen molar-refractivity contribution in [1.29, 1.82) is 0 Å². The van der Waals surface area contributed by atoms with Crippen molar-refractivity contribution >= 4 is 17.0 Å². The second-order valence-electron chi connectivity index (χ2n) is 9.04. The van der Waals surface area contributed by atoms with E-state index >= 15 is 0 Å². The van der Waals surface area contributed by atoms with Crippen molar-refractivity contribution in [2.75, 3.05) is 0 Å². The van der Waals surface area contributed by atoms with Crippen LogP contribution in [0.5, 0.6) is 0 Å². The number of carboxylic acids is 1. The monoisotopic (exact) mass is 501 g/mol. The summed E-state index contributed by atoms with van der Waals surface area (Å²) in [6.07, 6.45) is 7.42. The van der Waals surface area contributed by atoms with Crippen LogP contribution in [0.2, 0.25) is 0 Å². The first kappa shape index (κ1) is 23.3. The topological polar surface area (TPSA) is 107 Å². The third-order valence-electron chi connectivity index (χ3n) is 6.67. The molecule has 6 rings (SSSR count). The standard InChI is InChI=1S/C30H23N5O3/c1-18-27(19(2)38-34-18)21-15-23-24(28(25-7-3-5-13-31-25)26-8-4-6-14-32-26)17-35(29(23)33-16-21)22-11-9-20(10-12-22)30(36)37/h3-17,28H,1-2H3,(H,36,37). The molecule has 1 N–H and O–H groups in total. The number of carboxylic acid groups (broad SMARTS) is 1. The number of rotatable bonds is 6. The predicted octanol–water partition coefficient (Wildman–Crippen LogP) is 5.97. The Labute approximate surface area is 218 Å². The molecule has 0 atom stereocenters. The molecule has 6 aromatic rings. The zero-order valence-corrected chi connectivity index (χ0v) is 20.7. The molecule has 0 spiro atoms. The van der Waals surface area contributed by atoms with Gasteiger partial charge < -0.3 is 14.2 Å². The van der Waals surface area contributed by atoms with E-state index in [1.807, 2.05) is 67.2 Å². The molecule has 8 heteroatoms. The van der Waals surface area contributed by atoms with Crippen LogP contribution in [-0.4, -0.2) is 35.8 Å². The maximum atomic E-state index is 11.4.